The van der Waals surface area contributed by atoms with Crippen molar-refractivity contribution in [2.45, 2.75) is 13.8 Å². The van der Waals surface area contributed by atoms with Gasteiger partial charge in [0.25, 0.3) is 5.69 Å². The van der Waals surface area contributed by atoms with Crippen LogP contribution in [0.25, 0.3) is 0 Å². The van der Waals surface area contributed by atoms with E-state index in [0.717, 1.165) is 16.9 Å². The molecule has 0 atom stereocenters. The minimum absolute atomic E-state index is 0.144. The van der Waals surface area contributed by atoms with Gasteiger partial charge in [0.1, 0.15) is 0 Å². The summed E-state index contributed by atoms with van der Waals surface area (Å²) in [6, 6.07) is 10.9. The van der Waals surface area contributed by atoms with Gasteiger partial charge in [-0.25, -0.2) is 0 Å². The average Bonchev–Trinajstić information content (AvgIpc) is 2.40. The summed E-state index contributed by atoms with van der Waals surface area (Å²) in [4.78, 5) is 12.6. The summed E-state index contributed by atoms with van der Waals surface area (Å²) in [5.74, 6) is 0. The standard InChI is InChI=1S/C15H15ClN2O2/c1-10-8-15(18(19)20)11(2)7-14(10)17(3)13-6-4-5-12(16)9-13/h4-9H,1-3H3. The number of aryl methyl sites for hydroxylation is 2. The molecule has 0 saturated carbocycles. The van der Waals surface area contributed by atoms with E-state index in [1.807, 2.05) is 49.2 Å². The van der Waals surface area contributed by atoms with E-state index in [4.69, 9.17) is 11.6 Å². The maximum atomic E-state index is 10.9. The van der Waals surface area contributed by atoms with Crippen LogP contribution in [0.4, 0.5) is 17.1 Å². The van der Waals surface area contributed by atoms with Crippen molar-refractivity contribution in [3.63, 3.8) is 0 Å². The maximum Gasteiger partial charge on any atom is 0.272 e. The summed E-state index contributed by atoms with van der Waals surface area (Å²) < 4.78 is 0. The molecule has 0 aliphatic rings. The van der Waals surface area contributed by atoms with Crippen molar-refractivity contribution in [1.29, 1.82) is 0 Å². The minimum Gasteiger partial charge on any atom is -0.344 e. The zero-order valence-corrected chi connectivity index (χ0v) is 12.3. The first-order chi connectivity index (χ1) is 9.40. The highest BCUT2D eigenvalue weighted by atomic mass is 35.5. The van der Waals surface area contributed by atoms with Crippen molar-refractivity contribution in [3.8, 4) is 0 Å². The molecule has 20 heavy (non-hydrogen) atoms. The van der Waals surface area contributed by atoms with E-state index < -0.39 is 0 Å². The van der Waals surface area contributed by atoms with Crippen LogP contribution < -0.4 is 4.90 Å². The lowest BCUT2D eigenvalue weighted by molar-refractivity contribution is -0.385. The third-order valence-corrected chi connectivity index (χ3v) is 3.50. The van der Waals surface area contributed by atoms with E-state index in [9.17, 15) is 10.1 Å². The minimum atomic E-state index is -0.356. The number of hydrogen-bond acceptors (Lipinski definition) is 3. The molecular formula is C15H15ClN2O2. The predicted molar refractivity (Wildman–Crippen MR) is 82.1 cm³/mol. The second kappa shape index (κ2) is 5.51. The van der Waals surface area contributed by atoms with Gasteiger partial charge >= 0.3 is 0 Å². The molecule has 0 fully saturated rings. The predicted octanol–water partition coefficient (Wildman–Crippen LogP) is 4.63. The number of halogens is 1. The largest absolute Gasteiger partial charge is 0.344 e. The lowest BCUT2D eigenvalue weighted by Crippen LogP contribution is -2.11. The quantitative estimate of drug-likeness (QED) is 0.611. The highest BCUT2D eigenvalue weighted by Crippen LogP contribution is 2.32. The Balaban J connectivity index is 2.48. The number of rotatable bonds is 3. The van der Waals surface area contributed by atoms with Crippen molar-refractivity contribution in [2.75, 3.05) is 11.9 Å². The molecule has 2 aromatic rings. The Hall–Kier alpha value is -2.07. The monoisotopic (exact) mass is 290 g/mol. The van der Waals surface area contributed by atoms with Crippen LogP contribution in [-0.2, 0) is 0 Å². The summed E-state index contributed by atoms with van der Waals surface area (Å²) in [6.45, 7) is 3.61. The third kappa shape index (κ3) is 2.75. The van der Waals surface area contributed by atoms with Crippen molar-refractivity contribution in [3.05, 3.63) is 62.7 Å². The Labute approximate surface area is 122 Å². The van der Waals surface area contributed by atoms with Crippen LogP contribution in [0.2, 0.25) is 5.02 Å². The van der Waals surface area contributed by atoms with Crippen LogP contribution in [0.1, 0.15) is 11.1 Å². The van der Waals surface area contributed by atoms with Gasteiger partial charge in [-0.3, -0.25) is 10.1 Å². The first-order valence-corrected chi connectivity index (χ1v) is 6.53. The summed E-state index contributed by atoms with van der Waals surface area (Å²) in [6.07, 6.45) is 0. The van der Waals surface area contributed by atoms with E-state index in [1.165, 1.54) is 0 Å². The van der Waals surface area contributed by atoms with Crippen molar-refractivity contribution < 1.29 is 4.92 Å². The van der Waals surface area contributed by atoms with E-state index in [-0.39, 0.29) is 10.6 Å². The number of benzene rings is 2. The maximum absolute atomic E-state index is 10.9. The van der Waals surface area contributed by atoms with Crippen LogP contribution in [0.3, 0.4) is 0 Å². The molecule has 2 rings (SSSR count). The van der Waals surface area contributed by atoms with Crippen LogP contribution in [0.5, 0.6) is 0 Å². The van der Waals surface area contributed by atoms with Gasteiger partial charge in [0.2, 0.25) is 0 Å². The van der Waals surface area contributed by atoms with Crippen LogP contribution >= 0.6 is 11.6 Å². The zero-order chi connectivity index (χ0) is 14.9. The van der Waals surface area contributed by atoms with Crippen molar-refractivity contribution in [1.82, 2.24) is 0 Å². The molecule has 0 heterocycles. The molecule has 2 aromatic carbocycles. The van der Waals surface area contributed by atoms with E-state index in [1.54, 1.807) is 13.0 Å². The molecule has 0 aliphatic heterocycles. The summed E-state index contributed by atoms with van der Waals surface area (Å²) in [5, 5.41) is 11.6. The van der Waals surface area contributed by atoms with Crippen molar-refractivity contribution >= 4 is 28.7 Å². The molecule has 0 unspecified atom stereocenters. The second-order valence-corrected chi connectivity index (χ2v) is 5.16. The number of nitrogens with zero attached hydrogens (tertiary/aromatic N) is 2. The fourth-order valence-corrected chi connectivity index (χ4v) is 2.35. The Morgan fingerprint density at radius 3 is 2.45 bits per heavy atom. The molecule has 4 nitrogen and oxygen atoms in total. The molecule has 0 N–H and O–H groups in total. The fraction of sp³-hybridized carbons (Fsp3) is 0.200. The molecule has 0 aliphatic carbocycles. The van der Waals surface area contributed by atoms with Crippen LogP contribution in [0, 0.1) is 24.0 Å². The fourth-order valence-electron chi connectivity index (χ4n) is 2.17. The molecule has 5 heteroatoms. The number of nitro groups is 1. The third-order valence-electron chi connectivity index (χ3n) is 3.27. The Kier molecular flexibility index (Phi) is 3.95. The van der Waals surface area contributed by atoms with E-state index in [0.29, 0.717) is 10.6 Å². The highest BCUT2D eigenvalue weighted by molar-refractivity contribution is 6.30. The Morgan fingerprint density at radius 1 is 1.15 bits per heavy atom. The lowest BCUT2D eigenvalue weighted by atomic mass is 10.1. The van der Waals surface area contributed by atoms with E-state index in [2.05, 4.69) is 0 Å². The lowest BCUT2D eigenvalue weighted by Gasteiger charge is -2.22. The SMILES string of the molecule is Cc1cc([N+](=O)[O-])c(C)cc1N(C)c1cccc(Cl)c1. The zero-order valence-electron chi connectivity index (χ0n) is 11.6. The smallest absolute Gasteiger partial charge is 0.272 e. The van der Waals surface area contributed by atoms with Gasteiger partial charge < -0.3 is 4.90 Å². The Morgan fingerprint density at radius 2 is 1.85 bits per heavy atom. The van der Waals surface area contributed by atoms with Gasteiger partial charge in [-0.2, -0.15) is 0 Å². The average molecular weight is 291 g/mol. The molecule has 0 saturated heterocycles. The van der Waals surface area contributed by atoms with Gasteiger partial charge in [0.15, 0.2) is 0 Å². The number of hydrogen-bond donors (Lipinski definition) is 0. The Bertz CT molecular complexity index is 671. The first kappa shape index (κ1) is 14.3. The van der Waals surface area contributed by atoms with Gasteiger partial charge in [0.05, 0.1) is 4.92 Å². The van der Waals surface area contributed by atoms with Crippen LogP contribution in [-0.4, -0.2) is 12.0 Å². The normalized spacial score (nSPS) is 10.4. The van der Waals surface area contributed by atoms with E-state index >= 15 is 0 Å². The van der Waals surface area contributed by atoms with Gasteiger partial charge in [-0.05, 0) is 43.7 Å². The summed E-state index contributed by atoms with van der Waals surface area (Å²) >= 11 is 6.00. The van der Waals surface area contributed by atoms with Gasteiger partial charge in [0, 0.05) is 35.1 Å². The topological polar surface area (TPSA) is 46.4 Å². The second-order valence-electron chi connectivity index (χ2n) is 4.72. The molecule has 0 amide bonds. The van der Waals surface area contributed by atoms with Crippen molar-refractivity contribution in [2.24, 2.45) is 0 Å². The molecule has 0 bridgehead atoms. The number of anilines is 2. The summed E-state index contributed by atoms with van der Waals surface area (Å²) in [5.41, 5.74) is 3.50. The molecule has 104 valence electrons. The molecule has 0 radical (unpaired) electrons. The first-order valence-electron chi connectivity index (χ1n) is 6.15. The molecular weight excluding hydrogens is 276 g/mol. The molecule has 0 spiro atoms. The summed E-state index contributed by atoms with van der Waals surface area (Å²) in [7, 11) is 1.92. The molecule has 0 aromatic heterocycles. The van der Waals surface area contributed by atoms with Gasteiger partial charge in [-0.15, -0.1) is 0 Å². The number of nitro benzene ring substituents is 1. The van der Waals surface area contributed by atoms with Crippen LogP contribution in [0.15, 0.2) is 36.4 Å². The highest BCUT2D eigenvalue weighted by Gasteiger charge is 2.16. The van der Waals surface area contributed by atoms with Gasteiger partial charge in [-0.1, -0.05) is 17.7 Å².